The van der Waals surface area contributed by atoms with E-state index >= 15 is 0 Å². The van der Waals surface area contributed by atoms with Crippen LogP contribution >= 0.6 is 11.8 Å². The quantitative estimate of drug-likeness (QED) is 0.736. The van der Waals surface area contributed by atoms with Crippen LogP contribution in [0.15, 0.2) is 0 Å². The number of hydrogen-bond acceptors (Lipinski definition) is 3. The van der Waals surface area contributed by atoms with Crippen LogP contribution in [0.25, 0.3) is 0 Å². The van der Waals surface area contributed by atoms with Crippen LogP contribution in [0.2, 0.25) is 0 Å². The molecule has 1 saturated carbocycles. The molecule has 0 aromatic carbocycles. The number of nitrogens with one attached hydrogen (secondary N) is 1. The lowest BCUT2D eigenvalue weighted by Gasteiger charge is -2.44. The zero-order valence-corrected chi connectivity index (χ0v) is 9.33. The Labute approximate surface area is 85.4 Å². The minimum Gasteiger partial charge on any atom is -0.314 e. The van der Waals surface area contributed by atoms with Gasteiger partial charge in [0, 0.05) is 37.5 Å². The molecule has 1 aliphatic carbocycles. The fourth-order valence-corrected chi connectivity index (χ4v) is 3.28. The Morgan fingerprint density at radius 2 is 2.00 bits per heavy atom. The van der Waals surface area contributed by atoms with Crippen molar-refractivity contribution in [1.82, 2.24) is 10.2 Å². The average Bonchev–Trinajstić information content (AvgIpc) is 2.13. The summed E-state index contributed by atoms with van der Waals surface area (Å²) < 4.78 is 0.636. The molecule has 0 atom stereocenters. The first kappa shape index (κ1) is 9.81. The van der Waals surface area contributed by atoms with E-state index in [2.05, 4.69) is 28.2 Å². The van der Waals surface area contributed by atoms with Gasteiger partial charge in [0.05, 0.1) is 0 Å². The van der Waals surface area contributed by atoms with Crippen LogP contribution in [0.5, 0.6) is 0 Å². The van der Waals surface area contributed by atoms with Crippen LogP contribution < -0.4 is 5.32 Å². The van der Waals surface area contributed by atoms with Crippen molar-refractivity contribution in [2.24, 2.45) is 0 Å². The van der Waals surface area contributed by atoms with E-state index in [-0.39, 0.29) is 0 Å². The van der Waals surface area contributed by atoms with Gasteiger partial charge in [-0.2, -0.15) is 11.8 Å². The van der Waals surface area contributed by atoms with E-state index in [1.807, 2.05) is 0 Å². The third kappa shape index (κ3) is 2.20. The van der Waals surface area contributed by atoms with Crippen LogP contribution in [0.1, 0.15) is 19.3 Å². The van der Waals surface area contributed by atoms with Gasteiger partial charge in [-0.05, 0) is 19.1 Å². The first-order valence-corrected chi connectivity index (χ1v) is 6.55. The summed E-state index contributed by atoms with van der Waals surface area (Å²) in [6.07, 6.45) is 6.62. The zero-order valence-electron chi connectivity index (χ0n) is 8.51. The molecule has 13 heavy (non-hydrogen) atoms. The van der Waals surface area contributed by atoms with Crippen molar-refractivity contribution < 1.29 is 0 Å². The Kier molecular flexibility index (Phi) is 3.17. The van der Waals surface area contributed by atoms with E-state index in [0.717, 1.165) is 0 Å². The summed E-state index contributed by atoms with van der Waals surface area (Å²) in [7, 11) is 0. The smallest absolute Gasteiger partial charge is 0.0284 e. The van der Waals surface area contributed by atoms with Gasteiger partial charge >= 0.3 is 0 Å². The number of hydrogen-bond donors (Lipinski definition) is 1. The lowest BCUT2D eigenvalue weighted by Crippen LogP contribution is -2.51. The molecule has 2 nitrogen and oxygen atoms in total. The van der Waals surface area contributed by atoms with Crippen LogP contribution in [0.3, 0.4) is 0 Å². The Hall–Kier alpha value is 0.270. The second-order valence-corrected chi connectivity index (χ2v) is 5.54. The number of piperazine rings is 1. The standard InChI is InChI=1S/C10H20N2S/c1-13-10(3-2-4-10)9-12-7-5-11-6-8-12/h11H,2-9H2,1H3. The van der Waals surface area contributed by atoms with Crippen molar-refractivity contribution >= 4 is 11.8 Å². The van der Waals surface area contributed by atoms with Crippen molar-refractivity contribution in [3.8, 4) is 0 Å². The molecule has 1 heterocycles. The van der Waals surface area contributed by atoms with Gasteiger partial charge in [-0.25, -0.2) is 0 Å². The molecule has 0 amide bonds. The maximum Gasteiger partial charge on any atom is 0.0284 e. The van der Waals surface area contributed by atoms with Gasteiger partial charge < -0.3 is 5.32 Å². The van der Waals surface area contributed by atoms with E-state index in [4.69, 9.17) is 0 Å². The third-order valence-electron chi connectivity index (χ3n) is 3.42. The van der Waals surface area contributed by atoms with E-state index in [9.17, 15) is 0 Å². The van der Waals surface area contributed by atoms with E-state index in [0.29, 0.717) is 4.75 Å². The molecule has 3 heteroatoms. The highest BCUT2D eigenvalue weighted by Gasteiger charge is 2.37. The summed E-state index contributed by atoms with van der Waals surface area (Å²) in [4.78, 5) is 2.63. The fourth-order valence-electron chi connectivity index (χ4n) is 2.27. The Morgan fingerprint density at radius 1 is 1.31 bits per heavy atom. The molecule has 2 fully saturated rings. The largest absolute Gasteiger partial charge is 0.314 e. The van der Waals surface area contributed by atoms with Crippen molar-refractivity contribution in [2.75, 3.05) is 39.0 Å². The fraction of sp³-hybridized carbons (Fsp3) is 1.00. The monoisotopic (exact) mass is 200 g/mol. The predicted molar refractivity (Wildman–Crippen MR) is 59.4 cm³/mol. The highest BCUT2D eigenvalue weighted by atomic mass is 32.2. The maximum atomic E-state index is 3.41. The second kappa shape index (κ2) is 4.20. The third-order valence-corrected chi connectivity index (χ3v) is 4.82. The maximum absolute atomic E-state index is 3.41. The van der Waals surface area contributed by atoms with E-state index in [1.165, 1.54) is 52.0 Å². The molecule has 76 valence electrons. The minimum absolute atomic E-state index is 0.636. The van der Waals surface area contributed by atoms with Crippen LogP contribution in [0.4, 0.5) is 0 Å². The Bertz CT molecular complexity index is 157. The van der Waals surface area contributed by atoms with E-state index < -0.39 is 0 Å². The van der Waals surface area contributed by atoms with Crippen molar-refractivity contribution in [3.63, 3.8) is 0 Å². The molecule has 2 rings (SSSR count). The Morgan fingerprint density at radius 3 is 2.46 bits per heavy atom. The summed E-state index contributed by atoms with van der Waals surface area (Å²) in [5.74, 6) is 0. The Balaban J connectivity index is 1.81. The molecule has 0 aromatic rings. The first-order chi connectivity index (χ1) is 6.35. The molecule has 0 spiro atoms. The lowest BCUT2D eigenvalue weighted by atomic mass is 9.83. The number of rotatable bonds is 3. The lowest BCUT2D eigenvalue weighted by molar-refractivity contribution is 0.183. The van der Waals surface area contributed by atoms with Gasteiger partial charge in [-0.3, -0.25) is 4.90 Å². The van der Waals surface area contributed by atoms with Gasteiger partial charge in [0.25, 0.3) is 0 Å². The van der Waals surface area contributed by atoms with Gasteiger partial charge in [0.2, 0.25) is 0 Å². The van der Waals surface area contributed by atoms with Crippen LogP contribution in [0, 0.1) is 0 Å². The van der Waals surface area contributed by atoms with E-state index in [1.54, 1.807) is 0 Å². The molecule has 1 saturated heterocycles. The minimum atomic E-state index is 0.636. The molecule has 0 unspecified atom stereocenters. The molecule has 0 aromatic heterocycles. The molecule has 1 aliphatic heterocycles. The van der Waals surface area contributed by atoms with Crippen molar-refractivity contribution in [3.05, 3.63) is 0 Å². The topological polar surface area (TPSA) is 15.3 Å². The molecule has 1 N–H and O–H groups in total. The molecule has 2 aliphatic rings. The van der Waals surface area contributed by atoms with Crippen molar-refractivity contribution in [2.45, 2.75) is 24.0 Å². The summed E-state index contributed by atoms with van der Waals surface area (Å²) >= 11 is 2.09. The number of nitrogens with zero attached hydrogens (tertiary/aromatic N) is 1. The molecule has 0 radical (unpaired) electrons. The SMILES string of the molecule is CSC1(CN2CCNCC2)CCC1. The van der Waals surface area contributed by atoms with Gasteiger partial charge in [0.1, 0.15) is 0 Å². The van der Waals surface area contributed by atoms with Crippen LogP contribution in [-0.4, -0.2) is 48.6 Å². The highest BCUT2D eigenvalue weighted by molar-refractivity contribution is 8.00. The second-order valence-electron chi connectivity index (χ2n) is 4.27. The predicted octanol–water partition coefficient (Wildman–Crippen LogP) is 1.18. The summed E-state index contributed by atoms with van der Waals surface area (Å²) in [5.41, 5.74) is 0. The van der Waals surface area contributed by atoms with Crippen LogP contribution in [-0.2, 0) is 0 Å². The van der Waals surface area contributed by atoms with Gasteiger partial charge in [-0.15, -0.1) is 0 Å². The summed E-state index contributed by atoms with van der Waals surface area (Å²) in [6.45, 7) is 6.20. The summed E-state index contributed by atoms with van der Waals surface area (Å²) in [6, 6.07) is 0. The zero-order chi connectivity index (χ0) is 9.15. The van der Waals surface area contributed by atoms with Gasteiger partial charge in [-0.1, -0.05) is 6.42 Å². The average molecular weight is 200 g/mol. The molecule has 0 bridgehead atoms. The van der Waals surface area contributed by atoms with Gasteiger partial charge in [0.15, 0.2) is 0 Å². The molecular formula is C10H20N2S. The molecular weight excluding hydrogens is 180 g/mol. The van der Waals surface area contributed by atoms with Crippen molar-refractivity contribution in [1.29, 1.82) is 0 Å². The normalized spacial score (nSPS) is 28.4. The number of thioether (sulfide) groups is 1. The first-order valence-electron chi connectivity index (χ1n) is 5.33. The highest BCUT2D eigenvalue weighted by Crippen LogP contribution is 2.43. The summed E-state index contributed by atoms with van der Waals surface area (Å²) in [5, 5.41) is 3.41.